The van der Waals surface area contributed by atoms with Crippen LogP contribution in [0.15, 0.2) is 48.5 Å². The molecule has 0 aliphatic carbocycles. The van der Waals surface area contributed by atoms with Gasteiger partial charge in [0.15, 0.2) is 6.10 Å². The van der Waals surface area contributed by atoms with Gasteiger partial charge in [0.05, 0.1) is 5.69 Å². The summed E-state index contributed by atoms with van der Waals surface area (Å²) in [5, 5.41) is 3.36. The summed E-state index contributed by atoms with van der Waals surface area (Å²) in [6.07, 6.45) is 0.692. The van der Waals surface area contributed by atoms with Crippen LogP contribution in [0.4, 0.5) is 5.69 Å². The van der Waals surface area contributed by atoms with E-state index in [1.807, 2.05) is 37.3 Å². The Labute approximate surface area is 157 Å². The highest BCUT2D eigenvalue weighted by Crippen LogP contribution is 2.36. The third-order valence-corrected chi connectivity index (χ3v) is 4.51. The monoisotopic (exact) mass is 372 g/mol. The fourth-order valence-corrected chi connectivity index (χ4v) is 3.08. The highest BCUT2D eigenvalue weighted by atomic mass is 35.5. The molecule has 0 saturated heterocycles. The number of carbonyl (C=O) groups excluding carboxylic acids is 2. The first-order chi connectivity index (χ1) is 12.6. The van der Waals surface area contributed by atoms with E-state index in [4.69, 9.17) is 16.3 Å². The van der Waals surface area contributed by atoms with Crippen LogP contribution in [-0.4, -0.2) is 31.0 Å². The van der Waals surface area contributed by atoms with Crippen molar-refractivity contribution in [1.29, 1.82) is 0 Å². The van der Waals surface area contributed by atoms with E-state index >= 15 is 0 Å². The molecule has 2 aromatic rings. The molecule has 1 atom stereocenters. The molecule has 0 radical (unpaired) electrons. The number of rotatable bonds is 6. The molecule has 1 unspecified atom stereocenters. The van der Waals surface area contributed by atoms with Crippen LogP contribution < -0.4 is 15.0 Å². The third-order valence-electron chi connectivity index (χ3n) is 4.27. The van der Waals surface area contributed by atoms with Crippen LogP contribution in [-0.2, 0) is 16.0 Å². The molecule has 0 aromatic heterocycles. The van der Waals surface area contributed by atoms with Crippen molar-refractivity contribution in [3.8, 4) is 5.75 Å². The Morgan fingerprint density at radius 3 is 2.73 bits per heavy atom. The van der Waals surface area contributed by atoms with E-state index in [2.05, 4.69) is 5.32 Å². The van der Waals surface area contributed by atoms with Crippen molar-refractivity contribution in [2.24, 2.45) is 0 Å². The third kappa shape index (κ3) is 4.17. The first-order valence-electron chi connectivity index (χ1n) is 8.66. The lowest BCUT2D eigenvalue weighted by Crippen LogP contribution is -2.49. The minimum Gasteiger partial charge on any atom is -0.478 e. The van der Waals surface area contributed by atoms with Crippen molar-refractivity contribution in [3.63, 3.8) is 0 Å². The average molecular weight is 373 g/mol. The van der Waals surface area contributed by atoms with Crippen molar-refractivity contribution >= 4 is 29.1 Å². The van der Waals surface area contributed by atoms with Gasteiger partial charge in [-0.3, -0.25) is 14.5 Å². The molecule has 136 valence electrons. The maximum atomic E-state index is 12.6. The largest absolute Gasteiger partial charge is 0.478 e. The molecule has 1 aliphatic heterocycles. The second-order valence-corrected chi connectivity index (χ2v) is 6.57. The van der Waals surface area contributed by atoms with Gasteiger partial charge >= 0.3 is 0 Å². The first-order valence-corrected chi connectivity index (χ1v) is 9.04. The minimum atomic E-state index is -0.583. The van der Waals surface area contributed by atoms with E-state index in [0.717, 1.165) is 12.0 Å². The fourth-order valence-electron chi connectivity index (χ4n) is 2.91. The van der Waals surface area contributed by atoms with Crippen molar-refractivity contribution in [2.45, 2.75) is 25.9 Å². The van der Waals surface area contributed by atoms with Gasteiger partial charge in [-0.15, -0.1) is 0 Å². The van der Waals surface area contributed by atoms with Crippen LogP contribution in [0.3, 0.4) is 0 Å². The number of nitrogens with one attached hydrogen (secondary N) is 1. The van der Waals surface area contributed by atoms with Gasteiger partial charge < -0.3 is 10.1 Å². The Hall–Kier alpha value is -2.53. The lowest BCUT2D eigenvalue weighted by molar-refractivity contribution is -0.129. The predicted molar refractivity (Wildman–Crippen MR) is 102 cm³/mol. The molecular formula is C20H21ClN2O3. The average Bonchev–Trinajstić information content (AvgIpc) is 2.65. The van der Waals surface area contributed by atoms with E-state index in [1.54, 1.807) is 18.2 Å². The zero-order valence-corrected chi connectivity index (χ0v) is 15.3. The number of fused-ring (bicyclic) bond motifs is 1. The topological polar surface area (TPSA) is 58.6 Å². The van der Waals surface area contributed by atoms with E-state index in [1.165, 1.54) is 4.90 Å². The summed E-state index contributed by atoms with van der Waals surface area (Å²) >= 11 is 6.05. The molecule has 1 heterocycles. The number of benzene rings is 2. The van der Waals surface area contributed by atoms with Crippen molar-refractivity contribution in [3.05, 3.63) is 59.1 Å². The molecular weight excluding hydrogens is 352 g/mol. The van der Waals surface area contributed by atoms with Crippen LogP contribution in [0.1, 0.15) is 18.9 Å². The van der Waals surface area contributed by atoms with Crippen LogP contribution in [0.2, 0.25) is 5.02 Å². The summed E-state index contributed by atoms with van der Waals surface area (Å²) in [6.45, 7) is 2.34. The Morgan fingerprint density at radius 2 is 2.00 bits per heavy atom. The van der Waals surface area contributed by atoms with Gasteiger partial charge in [-0.2, -0.15) is 0 Å². The fraction of sp³-hybridized carbons (Fsp3) is 0.300. The molecule has 3 rings (SSSR count). The van der Waals surface area contributed by atoms with Gasteiger partial charge in [0.25, 0.3) is 5.91 Å². The Balaban J connectivity index is 1.66. The summed E-state index contributed by atoms with van der Waals surface area (Å²) in [5.74, 6) is 0.135. The van der Waals surface area contributed by atoms with Crippen molar-refractivity contribution in [2.75, 3.05) is 18.0 Å². The predicted octanol–water partition coefficient (Wildman–Crippen LogP) is 3.20. The number of hydrogen-bond donors (Lipinski definition) is 1. The van der Waals surface area contributed by atoms with E-state index < -0.39 is 6.10 Å². The minimum absolute atomic E-state index is 0.0547. The first kappa shape index (κ1) is 18.3. The maximum absolute atomic E-state index is 12.6. The number of hydrogen-bond acceptors (Lipinski definition) is 3. The van der Waals surface area contributed by atoms with Gasteiger partial charge in [0.2, 0.25) is 5.91 Å². The number of halogens is 1. The molecule has 6 heteroatoms. The van der Waals surface area contributed by atoms with E-state index in [0.29, 0.717) is 29.4 Å². The molecule has 2 amide bonds. The Morgan fingerprint density at radius 1 is 1.23 bits per heavy atom. The summed E-state index contributed by atoms with van der Waals surface area (Å²) in [6, 6.07) is 15.0. The zero-order chi connectivity index (χ0) is 18.5. The van der Waals surface area contributed by atoms with Gasteiger partial charge in [0, 0.05) is 11.6 Å². The summed E-state index contributed by atoms with van der Waals surface area (Å²) < 4.78 is 5.72. The van der Waals surface area contributed by atoms with Crippen LogP contribution in [0.5, 0.6) is 5.75 Å². The highest BCUT2D eigenvalue weighted by molar-refractivity contribution is 6.31. The summed E-state index contributed by atoms with van der Waals surface area (Å²) in [4.78, 5) is 26.5. The molecule has 1 aliphatic rings. The standard InChI is InChI=1S/C20H21ClN2O3/c1-2-17-20(25)23(16-12-15(21)8-9-18(16)26-17)13-19(24)22-11-10-14-6-4-3-5-7-14/h3-9,12,17H,2,10-11,13H2,1H3,(H,22,24). The van der Waals surface area contributed by atoms with Crippen LogP contribution in [0.25, 0.3) is 0 Å². The number of anilines is 1. The molecule has 0 saturated carbocycles. The number of nitrogens with zero attached hydrogens (tertiary/aromatic N) is 1. The zero-order valence-electron chi connectivity index (χ0n) is 14.6. The van der Waals surface area contributed by atoms with Crippen LogP contribution in [0, 0.1) is 0 Å². The molecule has 2 aromatic carbocycles. The van der Waals surface area contributed by atoms with E-state index in [9.17, 15) is 9.59 Å². The number of amides is 2. The molecule has 26 heavy (non-hydrogen) atoms. The normalized spacial score (nSPS) is 16.0. The Bertz CT molecular complexity index is 795. The van der Waals surface area contributed by atoms with Crippen LogP contribution >= 0.6 is 11.6 Å². The lowest BCUT2D eigenvalue weighted by atomic mass is 10.1. The molecule has 0 bridgehead atoms. The molecule has 0 spiro atoms. The molecule has 0 fully saturated rings. The summed E-state index contributed by atoms with van der Waals surface area (Å²) in [7, 11) is 0. The molecule has 5 nitrogen and oxygen atoms in total. The lowest BCUT2D eigenvalue weighted by Gasteiger charge is -2.33. The van der Waals surface area contributed by atoms with Gasteiger partial charge in [-0.1, -0.05) is 48.9 Å². The van der Waals surface area contributed by atoms with Gasteiger partial charge in [-0.05, 0) is 36.6 Å². The second-order valence-electron chi connectivity index (χ2n) is 6.14. The SMILES string of the molecule is CCC1Oc2ccc(Cl)cc2N(CC(=O)NCCc2ccccc2)C1=O. The maximum Gasteiger partial charge on any atom is 0.268 e. The quantitative estimate of drug-likeness (QED) is 0.847. The second kappa shape index (κ2) is 8.23. The number of ether oxygens (including phenoxy) is 1. The van der Waals surface area contributed by atoms with Gasteiger partial charge in [-0.25, -0.2) is 0 Å². The van der Waals surface area contributed by atoms with Gasteiger partial charge in [0.1, 0.15) is 12.3 Å². The van der Waals surface area contributed by atoms with Crippen molar-refractivity contribution in [1.82, 2.24) is 5.32 Å². The smallest absolute Gasteiger partial charge is 0.268 e. The van der Waals surface area contributed by atoms with Crippen molar-refractivity contribution < 1.29 is 14.3 Å². The highest BCUT2D eigenvalue weighted by Gasteiger charge is 2.34. The Kier molecular flexibility index (Phi) is 5.78. The molecule has 1 N–H and O–H groups in total. The number of carbonyl (C=O) groups is 2. The summed E-state index contributed by atoms with van der Waals surface area (Å²) in [5.41, 5.74) is 1.68. The van der Waals surface area contributed by atoms with E-state index in [-0.39, 0.29) is 18.4 Å².